The van der Waals surface area contributed by atoms with Gasteiger partial charge in [-0.1, -0.05) is 23.7 Å². The van der Waals surface area contributed by atoms with Gasteiger partial charge < -0.3 is 5.32 Å². The lowest BCUT2D eigenvalue weighted by atomic mass is 10.2. The van der Waals surface area contributed by atoms with Crippen LogP contribution in [0.2, 0.25) is 5.02 Å². The van der Waals surface area contributed by atoms with E-state index in [4.69, 9.17) is 11.6 Å². The number of carbonyl (C=O) groups is 1. The lowest BCUT2D eigenvalue weighted by molar-refractivity contribution is -0.114. The number of carbonyl (C=O) groups excluding carboxylic acids is 1. The lowest BCUT2D eigenvalue weighted by Gasteiger charge is -2.22. The molecular formula is C16H16ClFN2O3S. The molecule has 2 aromatic rings. The molecule has 0 fully saturated rings. The number of rotatable bonds is 5. The Morgan fingerprint density at radius 1 is 1.25 bits per heavy atom. The summed E-state index contributed by atoms with van der Waals surface area (Å²) in [6.07, 6.45) is 0.963. The number of halogens is 2. The number of hydrogen-bond donors (Lipinski definition) is 1. The van der Waals surface area contributed by atoms with Crippen LogP contribution in [0.1, 0.15) is 5.56 Å². The predicted molar refractivity (Wildman–Crippen MR) is 93.4 cm³/mol. The highest BCUT2D eigenvalue weighted by Crippen LogP contribution is 2.24. The number of nitrogens with one attached hydrogen (secondary N) is 1. The Balaban J connectivity index is 2.23. The summed E-state index contributed by atoms with van der Waals surface area (Å²) in [5.74, 6) is -1.19. The highest BCUT2D eigenvalue weighted by molar-refractivity contribution is 7.92. The second-order valence-corrected chi connectivity index (χ2v) is 7.60. The normalized spacial score (nSPS) is 11.2. The van der Waals surface area contributed by atoms with Gasteiger partial charge >= 0.3 is 0 Å². The molecule has 0 atom stereocenters. The molecule has 0 heterocycles. The monoisotopic (exact) mass is 370 g/mol. The first-order chi connectivity index (χ1) is 11.2. The molecule has 0 radical (unpaired) electrons. The van der Waals surface area contributed by atoms with Gasteiger partial charge in [-0.15, -0.1) is 0 Å². The molecule has 0 aromatic heterocycles. The average Bonchev–Trinajstić information content (AvgIpc) is 2.47. The van der Waals surface area contributed by atoms with Gasteiger partial charge in [-0.05, 0) is 42.8 Å². The van der Waals surface area contributed by atoms with Crippen LogP contribution in [0.25, 0.3) is 0 Å². The van der Waals surface area contributed by atoms with Crippen molar-refractivity contribution in [2.45, 2.75) is 6.92 Å². The fraction of sp³-hybridized carbons (Fsp3) is 0.188. The molecular weight excluding hydrogens is 355 g/mol. The smallest absolute Gasteiger partial charge is 0.245 e. The van der Waals surface area contributed by atoms with E-state index in [2.05, 4.69) is 5.32 Å². The van der Waals surface area contributed by atoms with E-state index >= 15 is 0 Å². The van der Waals surface area contributed by atoms with Gasteiger partial charge in [0, 0.05) is 5.69 Å². The van der Waals surface area contributed by atoms with Crippen molar-refractivity contribution in [1.29, 1.82) is 0 Å². The quantitative estimate of drug-likeness (QED) is 0.878. The molecule has 0 saturated heterocycles. The molecule has 0 aliphatic heterocycles. The third-order valence-electron chi connectivity index (χ3n) is 3.18. The van der Waals surface area contributed by atoms with Gasteiger partial charge in [-0.3, -0.25) is 9.10 Å². The molecule has 1 N–H and O–H groups in total. The van der Waals surface area contributed by atoms with E-state index in [1.807, 2.05) is 13.0 Å². The minimum atomic E-state index is -3.75. The van der Waals surface area contributed by atoms with Crippen LogP contribution in [-0.4, -0.2) is 27.1 Å². The van der Waals surface area contributed by atoms with Crippen molar-refractivity contribution in [1.82, 2.24) is 0 Å². The topological polar surface area (TPSA) is 66.5 Å². The average molecular weight is 371 g/mol. The highest BCUT2D eigenvalue weighted by Gasteiger charge is 2.21. The number of amides is 1. The molecule has 0 saturated carbocycles. The van der Waals surface area contributed by atoms with E-state index < -0.39 is 28.3 Å². The molecule has 128 valence electrons. The van der Waals surface area contributed by atoms with Crippen molar-refractivity contribution in [3.8, 4) is 0 Å². The second-order valence-electron chi connectivity index (χ2n) is 5.29. The number of benzene rings is 2. The minimum absolute atomic E-state index is 0.114. The van der Waals surface area contributed by atoms with E-state index in [-0.39, 0.29) is 10.7 Å². The maximum atomic E-state index is 13.3. The fourth-order valence-corrected chi connectivity index (χ4v) is 3.12. The van der Waals surface area contributed by atoms with Crippen LogP contribution in [0.3, 0.4) is 0 Å². The summed E-state index contributed by atoms with van der Waals surface area (Å²) in [5.41, 5.74) is 1.63. The Hall–Kier alpha value is -2.12. The van der Waals surface area contributed by atoms with Gasteiger partial charge in [0.2, 0.25) is 15.9 Å². The third kappa shape index (κ3) is 4.69. The van der Waals surface area contributed by atoms with Crippen LogP contribution < -0.4 is 9.62 Å². The summed E-state index contributed by atoms with van der Waals surface area (Å²) >= 11 is 5.69. The first-order valence-corrected chi connectivity index (χ1v) is 9.19. The Morgan fingerprint density at radius 2 is 1.96 bits per heavy atom. The van der Waals surface area contributed by atoms with Crippen molar-refractivity contribution in [2.24, 2.45) is 0 Å². The summed E-state index contributed by atoms with van der Waals surface area (Å²) in [6.45, 7) is 1.42. The second kappa shape index (κ2) is 7.19. The van der Waals surface area contributed by atoms with Crippen molar-refractivity contribution >= 4 is 38.9 Å². The molecule has 0 aliphatic carbocycles. The zero-order chi connectivity index (χ0) is 17.9. The van der Waals surface area contributed by atoms with E-state index in [1.54, 1.807) is 18.2 Å². The van der Waals surface area contributed by atoms with Crippen molar-refractivity contribution < 1.29 is 17.6 Å². The standard InChI is InChI=1S/C16H16ClFN2O3S/c1-11-4-3-5-12(8-11)19-16(21)10-20(24(2,22)23)13-6-7-15(18)14(17)9-13/h3-9H,10H2,1-2H3,(H,19,21). The van der Waals surface area contributed by atoms with Gasteiger partial charge in [0.1, 0.15) is 12.4 Å². The van der Waals surface area contributed by atoms with Gasteiger partial charge in [0.15, 0.2) is 0 Å². The molecule has 2 aromatic carbocycles. The molecule has 1 amide bonds. The lowest BCUT2D eigenvalue weighted by Crippen LogP contribution is -2.37. The van der Waals surface area contributed by atoms with Gasteiger partial charge in [0.05, 0.1) is 17.0 Å². The number of sulfonamides is 1. The van der Waals surface area contributed by atoms with E-state index in [1.165, 1.54) is 6.07 Å². The number of anilines is 2. The van der Waals surface area contributed by atoms with Crippen LogP contribution in [0.5, 0.6) is 0 Å². The molecule has 0 bridgehead atoms. The predicted octanol–water partition coefficient (Wildman–Crippen LogP) is 3.19. The van der Waals surface area contributed by atoms with Crippen LogP contribution in [-0.2, 0) is 14.8 Å². The summed E-state index contributed by atoms with van der Waals surface area (Å²) in [5, 5.41) is 2.41. The minimum Gasteiger partial charge on any atom is -0.325 e. The summed E-state index contributed by atoms with van der Waals surface area (Å²) in [6, 6.07) is 10.6. The molecule has 2 rings (SSSR count). The molecule has 0 unspecified atom stereocenters. The van der Waals surface area contributed by atoms with Crippen LogP contribution in [0.4, 0.5) is 15.8 Å². The SMILES string of the molecule is Cc1cccc(NC(=O)CN(c2ccc(F)c(Cl)c2)S(C)(=O)=O)c1. The van der Waals surface area contributed by atoms with Crippen LogP contribution >= 0.6 is 11.6 Å². The number of aryl methyl sites for hydroxylation is 1. The molecule has 24 heavy (non-hydrogen) atoms. The zero-order valence-corrected chi connectivity index (χ0v) is 14.7. The maximum Gasteiger partial charge on any atom is 0.245 e. The van der Waals surface area contributed by atoms with E-state index in [9.17, 15) is 17.6 Å². The molecule has 8 heteroatoms. The number of hydrogen-bond acceptors (Lipinski definition) is 3. The summed E-state index contributed by atoms with van der Waals surface area (Å²) in [4.78, 5) is 12.2. The first kappa shape index (κ1) is 18.2. The summed E-state index contributed by atoms with van der Waals surface area (Å²) < 4.78 is 38.1. The maximum absolute atomic E-state index is 13.3. The van der Waals surface area contributed by atoms with Crippen molar-refractivity contribution in [3.63, 3.8) is 0 Å². The van der Waals surface area contributed by atoms with Gasteiger partial charge in [0.25, 0.3) is 0 Å². The van der Waals surface area contributed by atoms with Crippen LogP contribution in [0, 0.1) is 12.7 Å². The largest absolute Gasteiger partial charge is 0.325 e. The third-order valence-corrected chi connectivity index (χ3v) is 4.61. The molecule has 0 aliphatic rings. The van der Waals surface area contributed by atoms with Gasteiger partial charge in [-0.2, -0.15) is 0 Å². The highest BCUT2D eigenvalue weighted by atomic mass is 35.5. The Labute approximate surface area is 145 Å². The number of nitrogens with zero attached hydrogens (tertiary/aromatic N) is 1. The van der Waals surface area contributed by atoms with Crippen molar-refractivity contribution in [3.05, 3.63) is 58.9 Å². The van der Waals surface area contributed by atoms with Gasteiger partial charge in [-0.25, -0.2) is 12.8 Å². The van der Waals surface area contributed by atoms with E-state index in [0.717, 1.165) is 28.3 Å². The van der Waals surface area contributed by atoms with Crippen LogP contribution in [0.15, 0.2) is 42.5 Å². The Kier molecular flexibility index (Phi) is 5.46. The molecule has 0 spiro atoms. The first-order valence-electron chi connectivity index (χ1n) is 6.96. The zero-order valence-electron chi connectivity index (χ0n) is 13.1. The van der Waals surface area contributed by atoms with E-state index in [0.29, 0.717) is 5.69 Å². The Bertz CT molecular complexity index is 871. The van der Waals surface area contributed by atoms with Crippen molar-refractivity contribution in [2.75, 3.05) is 22.4 Å². The molecule has 5 nitrogen and oxygen atoms in total. The Morgan fingerprint density at radius 3 is 2.54 bits per heavy atom. The summed E-state index contributed by atoms with van der Waals surface area (Å²) in [7, 11) is -3.75. The fourth-order valence-electron chi connectivity index (χ4n) is 2.09.